The number of carbonyl (C=O) groups excluding carboxylic acids is 1. The zero-order chi connectivity index (χ0) is 44.6. The van der Waals surface area contributed by atoms with Gasteiger partial charge in [-0.05, 0) is 44.9 Å². The highest BCUT2D eigenvalue weighted by Crippen LogP contribution is 2.43. The minimum absolute atomic E-state index is 0.0482. The summed E-state index contributed by atoms with van der Waals surface area (Å²) in [6.07, 6.45) is 53.0. The third-order valence-electron chi connectivity index (χ3n) is 11.4. The van der Waals surface area contributed by atoms with E-state index < -0.39 is 39.2 Å². The van der Waals surface area contributed by atoms with Crippen molar-refractivity contribution in [1.82, 2.24) is 0 Å². The van der Waals surface area contributed by atoms with Crippen molar-refractivity contribution in [3.8, 4) is 0 Å². The summed E-state index contributed by atoms with van der Waals surface area (Å²) >= 11 is 0. The lowest BCUT2D eigenvalue weighted by atomic mass is 10.0. The first-order chi connectivity index (χ1) is 29.8. The van der Waals surface area contributed by atoms with E-state index in [-0.39, 0.29) is 19.6 Å². The number of carbonyl (C=O) groups is 1. The van der Waals surface area contributed by atoms with Crippen LogP contribution in [0.15, 0.2) is 24.3 Å². The van der Waals surface area contributed by atoms with Gasteiger partial charge in [0.1, 0.15) is 12.2 Å². The molecule has 0 aromatic rings. The summed E-state index contributed by atoms with van der Waals surface area (Å²) < 4.78 is 33.5. The van der Waals surface area contributed by atoms with E-state index in [9.17, 15) is 19.4 Å². The van der Waals surface area contributed by atoms with Gasteiger partial charge in [-0.2, -0.15) is 0 Å². The Morgan fingerprint density at radius 2 is 0.885 bits per heavy atom. The molecule has 0 fully saturated rings. The summed E-state index contributed by atoms with van der Waals surface area (Å²) in [4.78, 5) is 22.7. The minimum atomic E-state index is -4.52. The van der Waals surface area contributed by atoms with Crippen molar-refractivity contribution in [3.63, 3.8) is 0 Å². The van der Waals surface area contributed by atoms with Crippen LogP contribution in [0.5, 0.6) is 0 Å². The van der Waals surface area contributed by atoms with E-state index in [0.29, 0.717) is 13.0 Å². The number of hydrogen-bond donors (Lipinski definition) is 3. The molecule has 0 aromatic heterocycles. The number of ether oxygens (including phenoxy) is 2. The Labute approximate surface area is 376 Å². The average molecular weight is 887 g/mol. The fourth-order valence-electron chi connectivity index (χ4n) is 7.45. The van der Waals surface area contributed by atoms with Gasteiger partial charge in [-0.3, -0.25) is 13.8 Å². The Hall–Kier alpha value is -1.06. The quantitative estimate of drug-likeness (QED) is 0.0236. The normalized spacial score (nSPS) is 14.0. The Kier molecular flexibility index (Phi) is 47.6. The number of aliphatic hydroxyl groups excluding tert-OH is 2. The molecule has 0 aliphatic heterocycles. The summed E-state index contributed by atoms with van der Waals surface area (Å²) in [7, 11) is -4.52. The van der Waals surface area contributed by atoms with E-state index in [1.807, 2.05) is 0 Å². The van der Waals surface area contributed by atoms with Gasteiger partial charge in [0.25, 0.3) is 0 Å². The maximum absolute atomic E-state index is 12.7. The maximum atomic E-state index is 12.7. The third kappa shape index (κ3) is 48.2. The van der Waals surface area contributed by atoms with E-state index in [1.165, 1.54) is 173 Å². The van der Waals surface area contributed by atoms with Gasteiger partial charge in [0.2, 0.25) is 0 Å². The fraction of sp³-hybridized carbons (Fsp3) is 0.902. The molecule has 3 atom stereocenters. The zero-order valence-corrected chi connectivity index (χ0v) is 40.8. The van der Waals surface area contributed by atoms with Crippen molar-refractivity contribution in [2.45, 2.75) is 264 Å². The molecule has 0 aliphatic rings. The standard InChI is InChI=1S/C51H99O9P/c1-3-5-7-9-11-13-15-17-19-21-22-23-24-25-26-27-28-30-32-34-36-38-40-42-44-57-47-50(48-59-61(55,56)58-46-49(53)45-52)60-51(54)43-41-39-37-35-33-31-29-20-18-16-14-12-10-8-6-4-2/h14,16,20,29,49-50,52-53H,3-13,15,17-19,21-28,30-48H2,1-2H3,(H,55,56)/b16-14-,29-20-. The van der Waals surface area contributed by atoms with Gasteiger partial charge in [-0.15, -0.1) is 0 Å². The van der Waals surface area contributed by atoms with Crippen LogP contribution in [0.2, 0.25) is 0 Å². The maximum Gasteiger partial charge on any atom is 0.472 e. The van der Waals surface area contributed by atoms with E-state index in [1.54, 1.807) is 0 Å². The smallest absolute Gasteiger partial charge is 0.457 e. The molecule has 9 nitrogen and oxygen atoms in total. The third-order valence-corrected chi connectivity index (χ3v) is 12.3. The first-order valence-corrected chi connectivity index (χ1v) is 27.3. The van der Waals surface area contributed by atoms with Crippen LogP contribution in [0.3, 0.4) is 0 Å². The number of rotatable bonds is 50. The molecular weight excluding hydrogens is 788 g/mol. The van der Waals surface area contributed by atoms with Gasteiger partial charge in [-0.1, -0.05) is 224 Å². The first kappa shape index (κ1) is 59.9. The predicted octanol–water partition coefficient (Wildman–Crippen LogP) is 15.0. The number of unbranched alkanes of at least 4 members (excludes halogenated alkanes) is 32. The Balaban J connectivity index is 4.01. The molecule has 362 valence electrons. The second-order valence-electron chi connectivity index (χ2n) is 17.5. The van der Waals surface area contributed by atoms with Crippen LogP contribution in [0.25, 0.3) is 0 Å². The second-order valence-corrected chi connectivity index (χ2v) is 19.0. The SMILES string of the molecule is CCCCCC/C=C\C/C=C\CCCCCCCC(=O)OC(COCCCCCCCCCCCCCCCCCCCCCCCCCC)COP(=O)(O)OCC(O)CO. The van der Waals surface area contributed by atoms with Gasteiger partial charge in [0.15, 0.2) is 0 Å². The Morgan fingerprint density at radius 1 is 0.508 bits per heavy atom. The summed E-state index contributed by atoms with van der Waals surface area (Å²) in [5, 5.41) is 18.4. The minimum Gasteiger partial charge on any atom is -0.457 e. The van der Waals surface area contributed by atoms with Crippen molar-refractivity contribution < 1.29 is 43.0 Å². The van der Waals surface area contributed by atoms with E-state index in [2.05, 4.69) is 38.2 Å². The van der Waals surface area contributed by atoms with Gasteiger partial charge in [-0.25, -0.2) is 4.57 Å². The van der Waals surface area contributed by atoms with E-state index in [4.69, 9.17) is 23.6 Å². The molecule has 0 heterocycles. The van der Waals surface area contributed by atoms with Crippen molar-refractivity contribution in [3.05, 3.63) is 24.3 Å². The highest BCUT2D eigenvalue weighted by Gasteiger charge is 2.26. The lowest BCUT2D eigenvalue weighted by Gasteiger charge is -2.20. The summed E-state index contributed by atoms with van der Waals surface area (Å²) in [5.41, 5.74) is 0. The van der Waals surface area contributed by atoms with Gasteiger partial charge >= 0.3 is 13.8 Å². The monoisotopic (exact) mass is 887 g/mol. The summed E-state index contributed by atoms with van der Waals surface area (Å²) in [6, 6.07) is 0. The molecule has 0 saturated heterocycles. The van der Waals surface area contributed by atoms with Crippen molar-refractivity contribution in [1.29, 1.82) is 0 Å². The first-order valence-electron chi connectivity index (χ1n) is 25.8. The largest absolute Gasteiger partial charge is 0.472 e. The van der Waals surface area contributed by atoms with E-state index in [0.717, 1.165) is 51.4 Å². The number of phosphoric ester groups is 1. The number of allylic oxidation sites excluding steroid dienone is 4. The predicted molar refractivity (Wildman–Crippen MR) is 256 cm³/mol. The molecule has 0 aliphatic carbocycles. The zero-order valence-electron chi connectivity index (χ0n) is 39.9. The second kappa shape index (κ2) is 48.4. The van der Waals surface area contributed by atoms with Crippen LogP contribution < -0.4 is 0 Å². The van der Waals surface area contributed by atoms with Crippen molar-refractivity contribution in [2.75, 3.05) is 33.0 Å². The highest BCUT2D eigenvalue weighted by molar-refractivity contribution is 7.47. The molecule has 0 saturated carbocycles. The molecule has 0 spiro atoms. The van der Waals surface area contributed by atoms with Crippen LogP contribution in [0.4, 0.5) is 0 Å². The molecule has 3 N–H and O–H groups in total. The number of hydrogen-bond acceptors (Lipinski definition) is 8. The Morgan fingerprint density at radius 3 is 1.33 bits per heavy atom. The van der Waals surface area contributed by atoms with Crippen LogP contribution in [-0.2, 0) is 27.9 Å². The molecule has 61 heavy (non-hydrogen) atoms. The van der Waals surface area contributed by atoms with Gasteiger partial charge < -0.3 is 24.6 Å². The van der Waals surface area contributed by atoms with Crippen LogP contribution >= 0.6 is 7.82 Å². The molecule has 0 rings (SSSR count). The lowest BCUT2D eigenvalue weighted by Crippen LogP contribution is -2.29. The van der Waals surface area contributed by atoms with Crippen LogP contribution in [-0.4, -0.2) is 66.3 Å². The van der Waals surface area contributed by atoms with Crippen molar-refractivity contribution in [2.24, 2.45) is 0 Å². The molecule has 0 aromatic carbocycles. The number of esters is 1. The molecule has 0 amide bonds. The average Bonchev–Trinajstić information content (AvgIpc) is 3.25. The summed E-state index contributed by atoms with van der Waals surface area (Å²) in [5.74, 6) is -0.391. The molecular formula is C51H99O9P. The Bertz CT molecular complexity index is 1010. The fourth-order valence-corrected chi connectivity index (χ4v) is 8.24. The summed E-state index contributed by atoms with van der Waals surface area (Å²) in [6.45, 7) is 3.54. The number of aliphatic hydroxyl groups is 2. The van der Waals surface area contributed by atoms with Gasteiger partial charge in [0.05, 0.1) is 26.4 Å². The van der Waals surface area contributed by atoms with Crippen molar-refractivity contribution >= 4 is 13.8 Å². The number of phosphoric acid groups is 1. The highest BCUT2D eigenvalue weighted by atomic mass is 31.2. The van der Waals surface area contributed by atoms with Crippen LogP contribution in [0, 0.1) is 0 Å². The van der Waals surface area contributed by atoms with Crippen LogP contribution in [0.1, 0.15) is 251 Å². The molecule has 3 unspecified atom stereocenters. The molecule has 0 radical (unpaired) electrons. The van der Waals surface area contributed by atoms with E-state index >= 15 is 0 Å². The topological polar surface area (TPSA) is 132 Å². The lowest BCUT2D eigenvalue weighted by molar-refractivity contribution is -0.154. The molecule has 10 heteroatoms. The van der Waals surface area contributed by atoms with Gasteiger partial charge in [0, 0.05) is 13.0 Å². The molecule has 0 bridgehead atoms.